The zero-order valence-corrected chi connectivity index (χ0v) is 12.0. The molecule has 5 heteroatoms. The summed E-state index contributed by atoms with van der Waals surface area (Å²) in [6.45, 7) is 0. The molecule has 3 nitrogen and oxygen atoms in total. The minimum atomic E-state index is -0.189. The van der Waals surface area contributed by atoms with Crippen molar-refractivity contribution in [3.8, 4) is 0 Å². The number of rotatable bonds is 4. The molecule has 0 bridgehead atoms. The van der Waals surface area contributed by atoms with Crippen LogP contribution in [-0.2, 0) is 11.2 Å². The second kappa shape index (κ2) is 7.08. The molecule has 2 aromatic carbocycles. The summed E-state index contributed by atoms with van der Waals surface area (Å²) < 4.78 is 0. The van der Waals surface area contributed by atoms with E-state index < -0.39 is 0 Å². The lowest BCUT2D eigenvalue weighted by Crippen LogP contribution is -2.19. The van der Waals surface area contributed by atoms with Crippen molar-refractivity contribution in [1.82, 2.24) is 5.43 Å². The van der Waals surface area contributed by atoms with Gasteiger partial charge in [0.2, 0.25) is 5.91 Å². The normalized spacial score (nSPS) is 10.7. The summed E-state index contributed by atoms with van der Waals surface area (Å²) >= 11 is 11.6. The molecule has 2 rings (SSSR count). The Hall–Kier alpha value is -1.84. The van der Waals surface area contributed by atoms with Crippen molar-refractivity contribution in [2.24, 2.45) is 5.10 Å². The van der Waals surface area contributed by atoms with Crippen LogP contribution in [0.25, 0.3) is 0 Å². The van der Waals surface area contributed by atoms with Gasteiger partial charge in [-0.3, -0.25) is 4.79 Å². The van der Waals surface area contributed by atoms with Crippen LogP contribution in [0.5, 0.6) is 0 Å². The summed E-state index contributed by atoms with van der Waals surface area (Å²) in [7, 11) is 0. The van der Waals surface area contributed by atoms with E-state index in [0.29, 0.717) is 10.0 Å². The average Bonchev–Trinajstić information content (AvgIpc) is 2.41. The summed E-state index contributed by atoms with van der Waals surface area (Å²) in [5, 5.41) is 5.16. The van der Waals surface area contributed by atoms with Gasteiger partial charge in [-0.15, -0.1) is 0 Å². The lowest BCUT2D eigenvalue weighted by Gasteiger charge is -2.00. The number of benzene rings is 2. The van der Waals surface area contributed by atoms with Crippen molar-refractivity contribution in [3.05, 3.63) is 69.7 Å². The second-order valence-corrected chi connectivity index (χ2v) is 5.02. The average molecular weight is 307 g/mol. The first-order valence-corrected chi connectivity index (χ1v) is 6.71. The van der Waals surface area contributed by atoms with Crippen LogP contribution in [0.1, 0.15) is 11.1 Å². The van der Waals surface area contributed by atoms with Crippen LogP contribution in [0.2, 0.25) is 10.0 Å². The van der Waals surface area contributed by atoms with Gasteiger partial charge in [-0.2, -0.15) is 5.10 Å². The summed E-state index contributed by atoms with van der Waals surface area (Å²) in [5.41, 5.74) is 4.17. The maximum Gasteiger partial charge on any atom is 0.244 e. The Balaban J connectivity index is 1.87. The van der Waals surface area contributed by atoms with Gasteiger partial charge in [-0.25, -0.2) is 5.43 Å². The Kier molecular flexibility index (Phi) is 5.16. The highest BCUT2D eigenvalue weighted by molar-refractivity contribution is 6.31. The molecular formula is C15H12Cl2N2O. The minimum Gasteiger partial charge on any atom is -0.273 e. The molecule has 0 aromatic heterocycles. The van der Waals surface area contributed by atoms with Crippen LogP contribution in [0.4, 0.5) is 0 Å². The number of hydrazone groups is 1. The highest BCUT2D eigenvalue weighted by Crippen LogP contribution is 2.10. The molecule has 0 aliphatic carbocycles. The Morgan fingerprint density at radius 1 is 1.10 bits per heavy atom. The molecular weight excluding hydrogens is 295 g/mol. The third-order valence-corrected chi connectivity index (χ3v) is 3.02. The quantitative estimate of drug-likeness (QED) is 0.679. The summed E-state index contributed by atoms with van der Waals surface area (Å²) in [6.07, 6.45) is 1.80. The van der Waals surface area contributed by atoms with Gasteiger partial charge in [-0.1, -0.05) is 47.5 Å². The van der Waals surface area contributed by atoms with E-state index in [-0.39, 0.29) is 12.3 Å². The molecule has 0 radical (unpaired) electrons. The van der Waals surface area contributed by atoms with Crippen LogP contribution in [0, 0.1) is 0 Å². The molecule has 20 heavy (non-hydrogen) atoms. The van der Waals surface area contributed by atoms with Gasteiger partial charge in [0.05, 0.1) is 12.6 Å². The van der Waals surface area contributed by atoms with Crippen molar-refractivity contribution >= 4 is 35.3 Å². The van der Waals surface area contributed by atoms with Crippen molar-refractivity contribution in [3.63, 3.8) is 0 Å². The molecule has 0 aliphatic heterocycles. The van der Waals surface area contributed by atoms with E-state index in [9.17, 15) is 4.79 Å². The summed E-state index contributed by atoms with van der Waals surface area (Å²) in [5.74, 6) is -0.189. The van der Waals surface area contributed by atoms with Crippen molar-refractivity contribution in [2.45, 2.75) is 6.42 Å². The first-order valence-electron chi connectivity index (χ1n) is 5.95. The fraction of sp³-hybridized carbons (Fsp3) is 0.0667. The minimum absolute atomic E-state index is 0.189. The van der Waals surface area contributed by atoms with Gasteiger partial charge in [0.1, 0.15) is 0 Å². The van der Waals surface area contributed by atoms with E-state index in [0.717, 1.165) is 11.1 Å². The molecule has 1 amide bonds. The number of halogens is 2. The van der Waals surface area contributed by atoms with Gasteiger partial charge in [0.15, 0.2) is 0 Å². The SMILES string of the molecule is O=C(Cc1ccc(Cl)cc1)N/N=C/c1cccc(Cl)c1. The highest BCUT2D eigenvalue weighted by atomic mass is 35.5. The predicted octanol–water partition coefficient (Wildman–Crippen LogP) is 3.69. The summed E-state index contributed by atoms with van der Waals surface area (Å²) in [6, 6.07) is 14.3. The standard InChI is InChI=1S/C15H12Cl2N2O/c16-13-6-4-11(5-7-13)9-15(20)19-18-10-12-2-1-3-14(17)8-12/h1-8,10H,9H2,(H,19,20)/b18-10+. The first-order chi connectivity index (χ1) is 9.63. The van der Waals surface area contributed by atoms with Crippen LogP contribution in [-0.4, -0.2) is 12.1 Å². The molecule has 0 aliphatic rings. The number of hydrogen-bond donors (Lipinski definition) is 1. The second-order valence-electron chi connectivity index (χ2n) is 4.15. The Labute approximate surface area is 127 Å². The number of hydrogen-bond acceptors (Lipinski definition) is 2. The van der Waals surface area contributed by atoms with Crippen LogP contribution < -0.4 is 5.43 Å². The van der Waals surface area contributed by atoms with Crippen molar-refractivity contribution in [1.29, 1.82) is 0 Å². The van der Waals surface area contributed by atoms with Crippen LogP contribution in [0.15, 0.2) is 53.6 Å². The zero-order valence-electron chi connectivity index (χ0n) is 10.5. The predicted molar refractivity (Wildman–Crippen MR) is 82.3 cm³/mol. The fourth-order valence-corrected chi connectivity index (χ4v) is 1.92. The number of carbonyl (C=O) groups is 1. The van der Waals surface area contributed by atoms with E-state index in [1.165, 1.54) is 0 Å². The Morgan fingerprint density at radius 2 is 1.85 bits per heavy atom. The molecule has 102 valence electrons. The smallest absolute Gasteiger partial charge is 0.244 e. The van der Waals surface area contributed by atoms with Crippen LogP contribution >= 0.6 is 23.2 Å². The molecule has 0 spiro atoms. The third-order valence-electron chi connectivity index (χ3n) is 2.53. The lowest BCUT2D eigenvalue weighted by atomic mass is 10.1. The fourth-order valence-electron chi connectivity index (χ4n) is 1.59. The number of nitrogens with one attached hydrogen (secondary N) is 1. The van der Waals surface area contributed by atoms with Gasteiger partial charge >= 0.3 is 0 Å². The third kappa shape index (κ3) is 4.68. The monoisotopic (exact) mass is 306 g/mol. The largest absolute Gasteiger partial charge is 0.273 e. The molecule has 2 aromatic rings. The molecule has 1 N–H and O–H groups in total. The molecule has 0 fully saturated rings. The van der Waals surface area contributed by atoms with Crippen molar-refractivity contribution < 1.29 is 4.79 Å². The van der Waals surface area contributed by atoms with E-state index >= 15 is 0 Å². The Morgan fingerprint density at radius 3 is 2.55 bits per heavy atom. The van der Waals surface area contributed by atoms with E-state index in [4.69, 9.17) is 23.2 Å². The number of nitrogens with zero attached hydrogens (tertiary/aromatic N) is 1. The number of amides is 1. The lowest BCUT2D eigenvalue weighted by molar-refractivity contribution is -0.120. The Bertz CT molecular complexity index is 624. The molecule has 0 saturated carbocycles. The van der Waals surface area contributed by atoms with Crippen LogP contribution in [0.3, 0.4) is 0 Å². The summed E-state index contributed by atoms with van der Waals surface area (Å²) in [4.78, 5) is 11.7. The van der Waals surface area contributed by atoms with Gasteiger partial charge < -0.3 is 0 Å². The van der Waals surface area contributed by atoms with E-state index in [1.807, 2.05) is 24.3 Å². The van der Waals surface area contributed by atoms with Gasteiger partial charge in [0, 0.05) is 10.0 Å². The molecule has 0 saturated heterocycles. The highest BCUT2D eigenvalue weighted by Gasteiger charge is 2.01. The van der Waals surface area contributed by atoms with Gasteiger partial charge in [-0.05, 0) is 35.4 Å². The maximum absolute atomic E-state index is 11.7. The number of carbonyl (C=O) groups excluding carboxylic acids is 1. The first kappa shape index (κ1) is 14.6. The molecule has 0 atom stereocenters. The maximum atomic E-state index is 11.7. The van der Waals surface area contributed by atoms with Crippen molar-refractivity contribution in [2.75, 3.05) is 0 Å². The van der Waals surface area contributed by atoms with E-state index in [1.54, 1.807) is 30.5 Å². The zero-order chi connectivity index (χ0) is 14.4. The van der Waals surface area contributed by atoms with Gasteiger partial charge in [0.25, 0.3) is 0 Å². The molecule has 0 heterocycles. The van der Waals surface area contributed by atoms with E-state index in [2.05, 4.69) is 10.5 Å². The molecule has 0 unspecified atom stereocenters. The topological polar surface area (TPSA) is 41.5 Å².